The fourth-order valence-corrected chi connectivity index (χ4v) is 5.27. The summed E-state index contributed by atoms with van der Waals surface area (Å²) in [4.78, 5) is 49.6. The summed E-state index contributed by atoms with van der Waals surface area (Å²) in [5, 5.41) is 72.7. The Morgan fingerprint density at radius 3 is 2.54 bits per heavy atom. The normalized spacial score (nSPS) is 34.9. The van der Waals surface area contributed by atoms with Gasteiger partial charge in [-0.25, -0.2) is 18.7 Å². The number of anilines is 1. The fourth-order valence-electron chi connectivity index (χ4n) is 4.32. The second-order valence-corrected chi connectivity index (χ2v) is 10.7. The monoisotopic (exact) mass is 614 g/mol. The van der Waals surface area contributed by atoms with Gasteiger partial charge in [0.2, 0.25) is 5.91 Å². The third-order valence-electron chi connectivity index (χ3n) is 6.31. The minimum Gasteiger partial charge on any atom is -0.477 e. The van der Waals surface area contributed by atoms with Gasteiger partial charge < -0.3 is 61.2 Å². The average Bonchev–Trinajstić information content (AvgIpc) is 3.16. The van der Waals surface area contributed by atoms with Crippen molar-refractivity contribution in [2.24, 2.45) is 0 Å². The van der Waals surface area contributed by atoms with Crippen molar-refractivity contribution >= 4 is 25.5 Å². The predicted molar refractivity (Wildman–Crippen MR) is 128 cm³/mol. The van der Waals surface area contributed by atoms with Crippen molar-refractivity contribution in [2.45, 2.75) is 74.1 Å². The largest absolute Gasteiger partial charge is 0.477 e. The molecule has 21 heteroatoms. The molecule has 0 bridgehead atoms. The smallest absolute Gasteiger partial charge is 0.475 e. The molecule has 41 heavy (non-hydrogen) atoms. The summed E-state index contributed by atoms with van der Waals surface area (Å²) in [6.07, 6.45) is -14.6. The second-order valence-electron chi connectivity index (χ2n) is 9.32. The Kier molecular flexibility index (Phi) is 10.2. The molecule has 2 aliphatic rings. The number of ether oxygens (including phenoxy) is 2. The lowest BCUT2D eigenvalue weighted by Crippen LogP contribution is -2.67. The number of amides is 1. The number of hydrogen-bond donors (Lipinski definition) is 10. The van der Waals surface area contributed by atoms with Crippen molar-refractivity contribution in [2.75, 3.05) is 18.9 Å². The summed E-state index contributed by atoms with van der Waals surface area (Å²) in [5.74, 6) is -6.20. The molecule has 0 aliphatic carbocycles. The number of carbonyl (C=O) groups excluding carboxylic acids is 1. The number of hydrogen-bond acceptors (Lipinski definition) is 16. The molecule has 3 rings (SSSR count). The lowest BCUT2D eigenvalue weighted by molar-refractivity contribution is -0.289. The quantitative estimate of drug-likeness (QED) is 0.104. The maximum atomic E-state index is 12.8. The molecule has 0 aromatic carbocycles. The van der Waals surface area contributed by atoms with Crippen LogP contribution in [0.2, 0.25) is 0 Å². The van der Waals surface area contributed by atoms with Gasteiger partial charge in [-0.15, -0.1) is 0 Å². The van der Waals surface area contributed by atoms with Gasteiger partial charge in [0.25, 0.3) is 5.79 Å². The van der Waals surface area contributed by atoms with E-state index >= 15 is 0 Å². The summed E-state index contributed by atoms with van der Waals surface area (Å²) in [7, 11) is -5.52. The Balaban J connectivity index is 1.79. The van der Waals surface area contributed by atoms with E-state index in [1.807, 2.05) is 0 Å². The Bertz CT molecular complexity index is 1220. The van der Waals surface area contributed by atoms with Gasteiger partial charge in [-0.2, -0.15) is 4.98 Å². The van der Waals surface area contributed by atoms with Gasteiger partial charge in [0.05, 0.1) is 25.4 Å². The number of nitrogens with two attached hydrogens (primary N) is 1. The summed E-state index contributed by atoms with van der Waals surface area (Å²) in [6.45, 7) is -1.05. The summed E-state index contributed by atoms with van der Waals surface area (Å²) in [6, 6.07) is -0.362. The summed E-state index contributed by atoms with van der Waals surface area (Å²) < 4.78 is 33.7. The number of aliphatic carboxylic acids is 1. The van der Waals surface area contributed by atoms with Crippen LogP contribution in [0.1, 0.15) is 19.6 Å². The molecule has 3 unspecified atom stereocenters. The molecular weight excluding hydrogens is 583 g/mol. The van der Waals surface area contributed by atoms with Gasteiger partial charge in [0.15, 0.2) is 6.23 Å². The Morgan fingerprint density at radius 2 is 1.98 bits per heavy atom. The van der Waals surface area contributed by atoms with Gasteiger partial charge in [-0.05, 0) is 6.07 Å². The van der Waals surface area contributed by atoms with Gasteiger partial charge in [0.1, 0.15) is 42.4 Å². The average molecular weight is 614 g/mol. The molecule has 1 amide bonds. The molecule has 20 nitrogen and oxygen atoms in total. The highest BCUT2D eigenvalue weighted by molar-refractivity contribution is 7.47. The van der Waals surface area contributed by atoms with E-state index in [9.17, 15) is 59.6 Å². The van der Waals surface area contributed by atoms with E-state index in [1.165, 1.54) is 6.07 Å². The van der Waals surface area contributed by atoms with Crippen molar-refractivity contribution in [3.63, 3.8) is 0 Å². The van der Waals surface area contributed by atoms with Gasteiger partial charge in [-0.1, -0.05) is 0 Å². The van der Waals surface area contributed by atoms with Crippen LogP contribution >= 0.6 is 7.82 Å². The highest BCUT2D eigenvalue weighted by atomic mass is 31.2. The van der Waals surface area contributed by atoms with Crippen LogP contribution in [0.4, 0.5) is 5.82 Å². The molecule has 0 spiro atoms. The van der Waals surface area contributed by atoms with E-state index in [-0.39, 0.29) is 5.82 Å². The Labute approximate surface area is 230 Å². The molecule has 1 aromatic heterocycles. The first-order chi connectivity index (χ1) is 19.0. The summed E-state index contributed by atoms with van der Waals surface area (Å²) in [5.41, 5.74) is 4.46. The first-order valence-electron chi connectivity index (χ1n) is 11.9. The zero-order valence-electron chi connectivity index (χ0n) is 21.2. The lowest BCUT2D eigenvalue weighted by atomic mass is 9.88. The molecule has 11 atom stereocenters. The number of aliphatic hydroxyl groups excluding tert-OH is 6. The number of carboxylic acid groups (broad SMARTS) is 1. The molecular formula is C20H31N4O16P. The lowest BCUT2D eigenvalue weighted by Gasteiger charge is -2.46. The molecule has 2 saturated heterocycles. The standard InChI is InChI=1S/C20H31N4O16P/c1-7(26)22-12-8(27)4-20(18(32)33,39-16(12)13(29)9(28)5-25)40-41(35,36)37-6-10-14(30)15(31)17(38-10)24-3-2-11(21)23-19(24)34/h2-3,8-10,12-17,25,27-31H,4-6H2,1H3,(H,22,26)(H,32,33)(H,35,36)(H2,21,23,34)/t8-,9?,10+,12+,13?,14+,15+,16+,17+,20+/m0/s1. The third kappa shape index (κ3) is 7.25. The molecule has 0 saturated carbocycles. The topological polar surface area (TPSA) is 323 Å². The van der Waals surface area contributed by atoms with Crippen LogP contribution in [0, 0.1) is 0 Å². The third-order valence-corrected chi connectivity index (χ3v) is 7.32. The highest BCUT2D eigenvalue weighted by Gasteiger charge is 2.59. The minimum absolute atomic E-state index is 0.135. The van der Waals surface area contributed by atoms with Gasteiger partial charge in [0, 0.05) is 19.5 Å². The number of aliphatic hydroxyl groups is 6. The van der Waals surface area contributed by atoms with Crippen LogP contribution in [-0.4, -0.2) is 130 Å². The fraction of sp³-hybridized carbons (Fsp3) is 0.700. The number of nitrogen functional groups attached to an aromatic ring is 1. The van der Waals surface area contributed by atoms with E-state index in [0.29, 0.717) is 0 Å². The van der Waals surface area contributed by atoms with Crippen LogP contribution < -0.4 is 16.7 Å². The SMILES string of the molecule is CC(=O)N[C@@H]1[C@@H](O)C[C@@](OP(=O)(O)OC[C@H]2O[C@@H](n3ccc(N)nc3=O)[C@H](O)[C@@H]2O)(C(=O)O)O[C@H]1C(O)C(O)CO. The van der Waals surface area contributed by atoms with Crippen LogP contribution in [0.15, 0.2) is 17.1 Å². The van der Waals surface area contributed by atoms with Crippen molar-refractivity contribution in [1.29, 1.82) is 0 Å². The Hall–Kier alpha value is -2.59. The van der Waals surface area contributed by atoms with Gasteiger partial charge >= 0.3 is 19.5 Å². The second kappa shape index (κ2) is 12.7. The molecule has 0 radical (unpaired) electrons. The van der Waals surface area contributed by atoms with Gasteiger partial charge in [-0.3, -0.25) is 13.9 Å². The molecule has 11 N–H and O–H groups in total. The number of phosphoric acid groups is 1. The zero-order chi connectivity index (χ0) is 30.9. The van der Waals surface area contributed by atoms with Crippen molar-refractivity contribution in [3.05, 3.63) is 22.7 Å². The molecule has 2 aliphatic heterocycles. The number of nitrogens with one attached hydrogen (secondary N) is 1. The number of phosphoric ester groups is 1. The van der Waals surface area contributed by atoms with Crippen LogP contribution in [-0.2, 0) is 32.7 Å². The van der Waals surface area contributed by atoms with E-state index in [2.05, 4.69) is 10.3 Å². The zero-order valence-corrected chi connectivity index (χ0v) is 22.1. The Morgan fingerprint density at radius 1 is 1.32 bits per heavy atom. The maximum absolute atomic E-state index is 12.8. The number of carboxylic acids is 1. The van der Waals surface area contributed by atoms with Crippen LogP contribution in [0.5, 0.6) is 0 Å². The first-order valence-corrected chi connectivity index (χ1v) is 13.4. The number of nitrogens with zero attached hydrogens (tertiary/aromatic N) is 2. The van der Waals surface area contributed by atoms with Crippen molar-refractivity contribution in [1.82, 2.24) is 14.9 Å². The van der Waals surface area contributed by atoms with E-state index in [0.717, 1.165) is 17.7 Å². The van der Waals surface area contributed by atoms with Crippen LogP contribution in [0.25, 0.3) is 0 Å². The van der Waals surface area contributed by atoms with Crippen LogP contribution in [0.3, 0.4) is 0 Å². The molecule has 1 aromatic rings. The van der Waals surface area contributed by atoms with Crippen molar-refractivity contribution < 1.29 is 73.3 Å². The summed E-state index contributed by atoms with van der Waals surface area (Å²) >= 11 is 0. The van der Waals surface area contributed by atoms with Crippen molar-refractivity contribution in [3.8, 4) is 0 Å². The first kappa shape index (κ1) is 32.9. The maximum Gasteiger partial charge on any atom is 0.475 e. The molecule has 232 valence electrons. The van der Waals surface area contributed by atoms with E-state index in [1.54, 1.807) is 0 Å². The predicted octanol–water partition coefficient (Wildman–Crippen LogP) is -5.27. The van der Waals surface area contributed by atoms with E-state index < -0.39 is 106 Å². The number of rotatable bonds is 11. The number of aromatic nitrogens is 2. The minimum atomic E-state index is -5.52. The number of carbonyl (C=O) groups is 2. The molecule has 2 fully saturated rings. The highest BCUT2D eigenvalue weighted by Crippen LogP contribution is 2.51. The molecule has 3 heterocycles. The van der Waals surface area contributed by atoms with E-state index in [4.69, 9.17) is 24.3 Å².